The molecule has 106 valence electrons. The Morgan fingerprint density at radius 1 is 1.45 bits per heavy atom. The number of hydrogen-bond donors (Lipinski definition) is 2. The molecule has 0 spiro atoms. The van der Waals surface area contributed by atoms with Crippen molar-refractivity contribution in [2.24, 2.45) is 0 Å². The van der Waals surface area contributed by atoms with Gasteiger partial charge in [-0.3, -0.25) is 10.1 Å². The third-order valence-electron chi connectivity index (χ3n) is 2.69. The predicted molar refractivity (Wildman–Crippen MR) is 65.7 cm³/mol. The number of imide groups is 1. The molecule has 1 heterocycles. The molecule has 0 saturated carbocycles. The van der Waals surface area contributed by atoms with E-state index in [1.165, 1.54) is 0 Å². The second kappa shape index (κ2) is 7.19. The standard InChI is InChI=1S/C13H13N2O4.W/c1-8-3-2-4-9(6-5-8)11(16)14-10-7-19-13(18)15-12(10)17;/h2,5-6,10H,3,7H2,1H3,(H,14,16)(H,15,17,18);/q-1;. The van der Waals surface area contributed by atoms with Gasteiger partial charge >= 0.3 is 6.09 Å². The van der Waals surface area contributed by atoms with Crippen molar-refractivity contribution in [3.05, 3.63) is 35.5 Å². The van der Waals surface area contributed by atoms with Gasteiger partial charge in [-0.1, -0.05) is 5.57 Å². The second-order valence-electron chi connectivity index (χ2n) is 4.26. The number of allylic oxidation sites excluding steroid dienone is 4. The fourth-order valence-electron chi connectivity index (χ4n) is 1.61. The molecule has 1 aliphatic heterocycles. The number of rotatable bonds is 2. The van der Waals surface area contributed by atoms with E-state index in [4.69, 9.17) is 0 Å². The van der Waals surface area contributed by atoms with Gasteiger partial charge in [0, 0.05) is 21.1 Å². The first-order chi connectivity index (χ1) is 9.06. The van der Waals surface area contributed by atoms with Crippen LogP contribution < -0.4 is 10.6 Å². The van der Waals surface area contributed by atoms with Crippen LogP contribution >= 0.6 is 0 Å². The molecule has 0 aromatic heterocycles. The van der Waals surface area contributed by atoms with E-state index in [-0.39, 0.29) is 27.7 Å². The number of carbonyl (C=O) groups excluding carboxylic acids is 3. The van der Waals surface area contributed by atoms with E-state index >= 15 is 0 Å². The van der Waals surface area contributed by atoms with Gasteiger partial charge in [0.05, 0.1) is 0 Å². The molecule has 2 N–H and O–H groups in total. The first-order valence-corrected chi connectivity index (χ1v) is 5.80. The zero-order valence-electron chi connectivity index (χ0n) is 10.8. The van der Waals surface area contributed by atoms with Crippen molar-refractivity contribution < 1.29 is 40.2 Å². The normalized spacial score (nSPS) is 21.6. The molecule has 20 heavy (non-hydrogen) atoms. The van der Waals surface area contributed by atoms with E-state index in [2.05, 4.69) is 16.1 Å². The van der Waals surface area contributed by atoms with Crippen LogP contribution in [0.25, 0.3) is 0 Å². The third-order valence-corrected chi connectivity index (χ3v) is 2.69. The Kier molecular flexibility index (Phi) is 5.89. The smallest absolute Gasteiger partial charge is 0.413 e. The number of amides is 3. The molecule has 0 aromatic rings. The molecule has 0 radical (unpaired) electrons. The van der Waals surface area contributed by atoms with Crippen LogP contribution in [0.2, 0.25) is 0 Å². The van der Waals surface area contributed by atoms with Crippen LogP contribution in [0, 0.1) is 6.08 Å². The van der Waals surface area contributed by atoms with Crippen LogP contribution in [-0.2, 0) is 35.4 Å². The van der Waals surface area contributed by atoms with Crippen molar-refractivity contribution in [3.8, 4) is 0 Å². The molecule has 1 atom stereocenters. The fraction of sp³-hybridized carbons (Fsp3) is 0.308. The van der Waals surface area contributed by atoms with Crippen molar-refractivity contribution in [1.29, 1.82) is 0 Å². The van der Waals surface area contributed by atoms with Crippen LogP contribution in [0.4, 0.5) is 4.79 Å². The van der Waals surface area contributed by atoms with Crippen molar-refractivity contribution >= 4 is 17.9 Å². The first kappa shape index (κ1) is 16.4. The predicted octanol–water partition coefficient (Wildman–Crippen LogP) is 0.371. The molecule has 1 unspecified atom stereocenters. The average Bonchev–Trinajstić information content (AvgIpc) is 2.57. The van der Waals surface area contributed by atoms with E-state index < -0.39 is 23.9 Å². The Morgan fingerprint density at radius 2 is 2.20 bits per heavy atom. The van der Waals surface area contributed by atoms with Crippen molar-refractivity contribution in [2.45, 2.75) is 19.4 Å². The van der Waals surface area contributed by atoms with Gasteiger partial charge in [0.1, 0.15) is 18.6 Å². The summed E-state index contributed by atoms with van der Waals surface area (Å²) < 4.78 is 4.65. The summed E-state index contributed by atoms with van der Waals surface area (Å²) in [6, 6.07) is -0.874. The molecule has 0 bridgehead atoms. The van der Waals surface area contributed by atoms with Gasteiger partial charge in [0.25, 0.3) is 5.91 Å². The van der Waals surface area contributed by atoms with Crippen LogP contribution in [0.3, 0.4) is 0 Å². The Labute approximate surface area is 130 Å². The number of cyclic esters (lactones) is 1. The Hall–Kier alpha value is -1.68. The van der Waals surface area contributed by atoms with Gasteiger partial charge in [-0.2, -0.15) is 12.2 Å². The number of nitrogens with one attached hydrogen (secondary N) is 2. The van der Waals surface area contributed by atoms with E-state index in [0.29, 0.717) is 5.57 Å². The van der Waals surface area contributed by atoms with E-state index in [0.717, 1.165) is 12.0 Å². The Morgan fingerprint density at radius 3 is 2.90 bits per heavy atom. The van der Waals surface area contributed by atoms with Crippen LogP contribution in [0.1, 0.15) is 13.3 Å². The molecule has 6 nitrogen and oxygen atoms in total. The molecule has 7 heteroatoms. The molecule has 1 aliphatic carbocycles. The van der Waals surface area contributed by atoms with Gasteiger partial charge in [-0.25, -0.2) is 4.79 Å². The maximum absolute atomic E-state index is 11.9. The van der Waals surface area contributed by atoms with Crippen LogP contribution in [0.15, 0.2) is 29.4 Å². The molecular weight excluding hydrogens is 432 g/mol. The Bertz CT molecular complexity index is 522. The summed E-state index contributed by atoms with van der Waals surface area (Å²) in [5, 5.41) is 4.48. The SMILES string of the molecule is CC1=CC=C(C(=O)NC2COC(=O)NC2=O)[C-]=CC1.[W]. The average molecular weight is 445 g/mol. The third kappa shape index (κ3) is 4.17. The first-order valence-electron chi connectivity index (χ1n) is 5.80. The molecular formula is C13H13N2O4W-. The Balaban J connectivity index is 0.00000200. The van der Waals surface area contributed by atoms with Crippen LogP contribution in [-0.4, -0.2) is 30.6 Å². The van der Waals surface area contributed by atoms with Crippen molar-refractivity contribution in [3.63, 3.8) is 0 Å². The van der Waals surface area contributed by atoms with Gasteiger partial charge in [0.2, 0.25) is 0 Å². The second-order valence-corrected chi connectivity index (χ2v) is 4.26. The molecule has 3 amide bonds. The summed E-state index contributed by atoms with van der Waals surface area (Å²) in [7, 11) is 0. The summed E-state index contributed by atoms with van der Waals surface area (Å²) in [4.78, 5) is 34.2. The van der Waals surface area contributed by atoms with E-state index in [9.17, 15) is 14.4 Å². The van der Waals surface area contributed by atoms with Crippen molar-refractivity contribution in [1.82, 2.24) is 10.6 Å². The van der Waals surface area contributed by atoms with Gasteiger partial charge in [0.15, 0.2) is 0 Å². The summed E-state index contributed by atoms with van der Waals surface area (Å²) >= 11 is 0. The van der Waals surface area contributed by atoms with Crippen LogP contribution in [0.5, 0.6) is 0 Å². The zero-order chi connectivity index (χ0) is 13.8. The molecule has 2 aliphatic rings. The van der Waals surface area contributed by atoms with E-state index in [1.807, 2.05) is 18.3 Å². The zero-order valence-corrected chi connectivity index (χ0v) is 13.7. The topological polar surface area (TPSA) is 84.5 Å². The molecule has 2 rings (SSSR count). The minimum Gasteiger partial charge on any atom is -0.447 e. The number of carbonyl (C=O) groups is 3. The van der Waals surface area contributed by atoms with Gasteiger partial charge in [-0.05, 0) is 13.3 Å². The summed E-state index contributed by atoms with van der Waals surface area (Å²) in [5.41, 5.74) is 1.45. The number of ether oxygens (including phenoxy) is 1. The molecule has 1 saturated heterocycles. The maximum Gasteiger partial charge on any atom is 0.413 e. The summed E-state index contributed by atoms with van der Waals surface area (Å²) in [6.45, 7) is 1.78. The maximum atomic E-state index is 11.9. The molecule has 1 fully saturated rings. The fourth-order valence-corrected chi connectivity index (χ4v) is 1.61. The van der Waals surface area contributed by atoms with E-state index in [1.54, 1.807) is 12.2 Å². The largest absolute Gasteiger partial charge is 0.447 e. The van der Waals surface area contributed by atoms with Gasteiger partial charge in [-0.15, -0.1) is 17.7 Å². The molecule has 0 aromatic carbocycles. The minimum absolute atomic E-state index is 0. The minimum atomic E-state index is -0.874. The van der Waals surface area contributed by atoms with Crippen molar-refractivity contribution in [2.75, 3.05) is 6.61 Å². The number of alkyl carbamates (subject to hydrolysis) is 1. The summed E-state index contributed by atoms with van der Waals surface area (Å²) in [5.74, 6) is -1.00. The van der Waals surface area contributed by atoms with Gasteiger partial charge < -0.3 is 14.8 Å². The quantitative estimate of drug-likeness (QED) is 0.602. The summed E-state index contributed by atoms with van der Waals surface area (Å²) in [6.07, 6.45) is 8.01. The number of hydrogen-bond acceptors (Lipinski definition) is 4. The monoisotopic (exact) mass is 445 g/mol.